The molecule has 1 heterocycles. The maximum absolute atomic E-state index is 12.1. The van der Waals surface area contributed by atoms with Gasteiger partial charge >= 0.3 is 0 Å². The van der Waals surface area contributed by atoms with Gasteiger partial charge in [0.25, 0.3) is 5.69 Å². The number of nitro benzene ring substituents is 1. The average molecular weight is 474 g/mol. The number of anilines is 1. The van der Waals surface area contributed by atoms with E-state index in [0.29, 0.717) is 25.2 Å². The van der Waals surface area contributed by atoms with Crippen LogP contribution in [0.1, 0.15) is 25.3 Å². The minimum Gasteiger partial charge on any atom is -0.871 e. The van der Waals surface area contributed by atoms with E-state index in [4.69, 9.17) is 0 Å². The normalized spacial score (nSPS) is 14.3. The van der Waals surface area contributed by atoms with Gasteiger partial charge < -0.3 is 14.9 Å². The molecule has 0 atom stereocenters. The Bertz CT molecular complexity index is 954. The lowest BCUT2D eigenvalue weighted by Crippen LogP contribution is -2.48. The van der Waals surface area contributed by atoms with Crippen molar-refractivity contribution in [1.82, 2.24) is 4.90 Å². The lowest BCUT2D eigenvalue weighted by atomic mass is 10.2. The molecule has 2 aromatic carbocycles. The van der Waals surface area contributed by atoms with Crippen LogP contribution in [0.15, 0.2) is 45.9 Å². The molecule has 0 aromatic heterocycles. The van der Waals surface area contributed by atoms with E-state index in [0.717, 1.165) is 25.2 Å². The van der Waals surface area contributed by atoms with E-state index in [9.17, 15) is 20.0 Å². The SMILES string of the molecule is CCCC(=O)N1CCN(c2ccc(N=Cc3cc([N+](=O)[O-])cc(Br)c3[O-])cc2)CC1. The van der Waals surface area contributed by atoms with Crippen LogP contribution in [0, 0.1) is 10.1 Å². The number of non-ortho nitro benzene ring substituents is 1. The molecule has 0 unspecified atom stereocenters. The summed E-state index contributed by atoms with van der Waals surface area (Å²) in [6.45, 7) is 4.99. The Balaban J connectivity index is 1.66. The van der Waals surface area contributed by atoms with Crippen LogP contribution >= 0.6 is 15.9 Å². The first-order chi connectivity index (χ1) is 14.4. The van der Waals surface area contributed by atoms with E-state index >= 15 is 0 Å². The first kappa shape index (κ1) is 21.8. The molecule has 1 aliphatic heterocycles. The number of carbonyl (C=O) groups is 1. The van der Waals surface area contributed by atoms with E-state index in [2.05, 4.69) is 25.8 Å². The zero-order valence-electron chi connectivity index (χ0n) is 16.6. The number of hydrogen-bond donors (Lipinski definition) is 0. The average Bonchev–Trinajstić information content (AvgIpc) is 2.75. The van der Waals surface area contributed by atoms with Gasteiger partial charge in [-0.1, -0.05) is 28.6 Å². The van der Waals surface area contributed by atoms with E-state index in [1.165, 1.54) is 18.3 Å². The molecule has 0 saturated carbocycles. The van der Waals surface area contributed by atoms with Gasteiger partial charge in [-0.3, -0.25) is 19.9 Å². The second-order valence-corrected chi connectivity index (χ2v) is 7.85. The molecule has 0 spiro atoms. The van der Waals surface area contributed by atoms with Crippen molar-refractivity contribution in [3.63, 3.8) is 0 Å². The second kappa shape index (κ2) is 9.71. The van der Waals surface area contributed by atoms with Crippen LogP contribution in [0.4, 0.5) is 17.1 Å². The van der Waals surface area contributed by atoms with Gasteiger partial charge in [-0.2, -0.15) is 0 Å². The molecule has 30 heavy (non-hydrogen) atoms. The van der Waals surface area contributed by atoms with Gasteiger partial charge in [-0.15, -0.1) is 0 Å². The maximum atomic E-state index is 12.1. The Hall–Kier alpha value is -2.94. The molecule has 0 N–H and O–H groups in total. The Kier molecular flexibility index (Phi) is 7.04. The van der Waals surface area contributed by atoms with E-state index in [1.54, 1.807) is 0 Å². The topological polar surface area (TPSA) is 102 Å². The van der Waals surface area contributed by atoms with Crippen LogP contribution in [-0.2, 0) is 4.79 Å². The van der Waals surface area contributed by atoms with Crippen molar-refractivity contribution < 1.29 is 14.8 Å². The van der Waals surface area contributed by atoms with Crippen molar-refractivity contribution in [2.24, 2.45) is 4.99 Å². The van der Waals surface area contributed by atoms with Crippen molar-refractivity contribution in [2.75, 3.05) is 31.1 Å². The van der Waals surface area contributed by atoms with Crippen molar-refractivity contribution in [1.29, 1.82) is 0 Å². The summed E-state index contributed by atoms with van der Waals surface area (Å²) in [5.74, 6) is -0.135. The fourth-order valence-electron chi connectivity index (χ4n) is 3.28. The molecule has 2 aromatic rings. The number of rotatable bonds is 6. The Morgan fingerprint density at radius 3 is 2.47 bits per heavy atom. The second-order valence-electron chi connectivity index (χ2n) is 7.00. The summed E-state index contributed by atoms with van der Waals surface area (Å²) in [6, 6.07) is 9.94. The minimum absolute atomic E-state index is 0.130. The lowest BCUT2D eigenvalue weighted by molar-refractivity contribution is -0.385. The third-order valence-electron chi connectivity index (χ3n) is 4.93. The summed E-state index contributed by atoms with van der Waals surface area (Å²) < 4.78 is 0.130. The molecule has 1 amide bonds. The quantitative estimate of drug-likeness (QED) is 0.362. The smallest absolute Gasteiger partial charge is 0.271 e. The van der Waals surface area contributed by atoms with Crippen molar-refractivity contribution in [2.45, 2.75) is 19.8 Å². The molecular formula is C21H22BrN4O4-. The highest BCUT2D eigenvalue weighted by Crippen LogP contribution is 2.30. The maximum Gasteiger partial charge on any atom is 0.271 e. The summed E-state index contributed by atoms with van der Waals surface area (Å²) in [7, 11) is 0. The highest BCUT2D eigenvalue weighted by molar-refractivity contribution is 9.10. The first-order valence-corrected chi connectivity index (χ1v) is 10.5. The number of piperazine rings is 1. The number of nitrogens with zero attached hydrogens (tertiary/aromatic N) is 4. The van der Waals surface area contributed by atoms with Gasteiger partial charge in [0.1, 0.15) is 0 Å². The van der Waals surface area contributed by atoms with Gasteiger partial charge in [0.2, 0.25) is 5.91 Å². The Morgan fingerprint density at radius 1 is 1.20 bits per heavy atom. The molecule has 0 bridgehead atoms. The third-order valence-corrected chi connectivity index (χ3v) is 5.52. The van der Waals surface area contributed by atoms with E-state index < -0.39 is 4.92 Å². The molecule has 8 nitrogen and oxygen atoms in total. The van der Waals surface area contributed by atoms with Crippen molar-refractivity contribution in [3.8, 4) is 5.75 Å². The molecular weight excluding hydrogens is 452 g/mol. The predicted molar refractivity (Wildman–Crippen MR) is 118 cm³/mol. The highest BCUT2D eigenvalue weighted by Gasteiger charge is 2.20. The van der Waals surface area contributed by atoms with Crippen LogP contribution in [0.3, 0.4) is 0 Å². The van der Waals surface area contributed by atoms with Gasteiger partial charge in [0, 0.05) is 61.1 Å². The number of carbonyl (C=O) groups excluding carboxylic acids is 1. The number of benzene rings is 2. The molecule has 1 saturated heterocycles. The lowest BCUT2D eigenvalue weighted by Gasteiger charge is -2.36. The fourth-order valence-corrected chi connectivity index (χ4v) is 3.74. The molecule has 0 radical (unpaired) electrons. The molecule has 3 rings (SSSR count). The van der Waals surface area contributed by atoms with Gasteiger partial charge in [0.05, 0.1) is 10.6 Å². The molecule has 9 heteroatoms. The van der Waals surface area contributed by atoms with Crippen molar-refractivity contribution >= 4 is 45.1 Å². The fraction of sp³-hybridized carbons (Fsp3) is 0.333. The number of hydrogen-bond acceptors (Lipinski definition) is 6. The number of nitro groups is 1. The third kappa shape index (κ3) is 5.15. The van der Waals surface area contributed by atoms with Crippen LogP contribution in [-0.4, -0.2) is 48.1 Å². The minimum atomic E-state index is -0.550. The number of aliphatic imine (C=N–C) groups is 1. The molecule has 0 aliphatic carbocycles. The summed E-state index contributed by atoms with van der Waals surface area (Å²) >= 11 is 3.06. The van der Waals surface area contributed by atoms with Crippen LogP contribution < -0.4 is 10.0 Å². The van der Waals surface area contributed by atoms with Crippen LogP contribution in [0.5, 0.6) is 5.75 Å². The Morgan fingerprint density at radius 2 is 1.87 bits per heavy atom. The van der Waals surface area contributed by atoms with Crippen molar-refractivity contribution in [3.05, 3.63) is 56.5 Å². The zero-order chi connectivity index (χ0) is 21.7. The monoisotopic (exact) mass is 473 g/mol. The summed E-state index contributed by atoms with van der Waals surface area (Å²) in [4.78, 5) is 30.9. The number of amides is 1. The summed E-state index contributed by atoms with van der Waals surface area (Å²) in [6.07, 6.45) is 2.80. The van der Waals surface area contributed by atoms with Gasteiger partial charge in [-0.25, -0.2) is 0 Å². The van der Waals surface area contributed by atoms with Crippen LogP contribution in [0.2, 0.25) is 0 Å². The highest BCUT2D eigenvalue weighted by atomic mass is 79.9. The Labute approximate surface area is 183 Å². The van der Waals surface area contributed by atoms with Gasteiger partial charge in [0.15, 0.2) is 0 Å². The molecule has 1 aliphatic rings. The molecule has 158 valence electrons. The first-order valence-electron chi connectivity index (χ1n) is 9.71. The van der Waals surface area contributed by atoms with E-state index in [-0.39, 0.29) is 27.4 Å². The largest absolute Gasteiger partial charge is 0.871 e. The van der Waals surface area contributed by atoms with E-state index in [1.807, 2.05) is 36.1 Å². The van der Waals surface area contributed by atoms with Crippen LogP contribution in [0.25, 0.3) is 0 Å². The summed E-state index contributed by atoms with van der Waals surface area (Å²) in [5.41, 5.74) is 1.65. The number of halogens is 1. The standard InChI is InChI=1S/C21H23BrN4O4/c1-2-3-20(27)25-10-8-24(9-11-25)17-6-4-16(5-7-17)23-14-15-12-18(26(29)30)13-19(22)21(15)28/h4-7,12-14,28H,2-3,8-11H2,1H3/p-1. The zero-order valence-corrected chi connectivity index (χ0v) is 18.2. The predicted octanol–water partition coefficient (Wildman–Crippen LogP) is 3.63. The van der Waals surface area contributed by atoms with Gasteiger partial charge in [-0.05, 0) is 36.2 Å². The summed E-state index contributed by atoms with van der Waals surface area (Å²) in [5, 5.41) is 23.1. The molecule has 1 fully saturated rings.